The molecule has 3 aliphatic rings. The Bertz CT molecular complexity index is 992. The summed E-state index contributed by atoms with van der Waals surface area (Å²) in [6.45, 7) is 3.95. The van der Waals surface area contributed by atoms with E-state index in [0.29, 0.717) is 24.2 Å². The van der Waals surface area contributed by atoms with Crippen LogP contribution in [0.15, 0.2) is 15.6 Å². The molecule has 0 saturated heterocycles. The molecular weight excluding hydrogens is 400 g/mol. The topological polar surface area (TPSA) is 97.6 Å². The van der Waals surface area contributed by atoms with Crippen LogP contribution in [0.2, 0.25) is 0 Å². The predicted molar refractivity (Wildman–Crippen MR) is 115 cm³/mol. The number of rotatable bonds is 3. The van der Waals surface area contributed by atoms with Gasteiger partial charge in [0.15, 0.2) is 0 Å². The van der Waals surface area contributed by atoms with Gasteiger partial charge in [-0.2, -0.15) is 0 Å². The lowest BCUT2D eigenvalue weighted by molar-refractivity contribution is 0.0362. The van der Waals surface area contributed by atoms with Crippen molar-refractivity contribution in [2.24, 2.45) is 0 Å². The SMILES string of the molecule is Cc1c2c(c(NC(=O)N[S+]([O-])c3cc4c(o3)CCCC4(C)O)c3c1CCC3)CCC2. The van der Waals surface area contributed by atoms with E-state index in [1.54, 1.807) is 13.0 Å². The lowest BCUT2D eigenvalue weighted by Crippen LogP contribution is -2.35. The van der Waals surface area contributed by atoms with Crippen LogP contribution in [0.3, 0.4) is 0 Å². The van der Waals surface area contributed by atoms with Crippen molar-refractivity contribution in [1.82, 2.24) is 4.72 Å². The van der Waals surface area contributed by atoms with E-state index in [2.05, 4.69) is 17.0 Å². The third kappa shape index (κ3) is 3.24. The molecule has 160 valence electrons. The van der Waals surface area contributed by atoms with Gasteiger partial charge in [0.2, 0.25) is 0 Å². The average Bonchev–Trinajstić information content (AvgIpc) is 3.43. The van der Waals surface area contributed by atoms with E-state index in [1.807, 2.05) is 0 Å². The van der Waals surface area contributed by atoms with Gasteiger partial charge >= 0.3 is 11.1 Å². The van der Waals surface area contributed by atoms with Crippen LogP contribution >= 0.6 is 0 Å². The number of hydrogen-bond donors (Lipinski definition) is 3. The lowest BCUT2D eigenvalue weighted by Gasteiger charge is -2.26. The molecule has 1 aromatic carbocycles. The van der Waals surface area contributed by atoms with Crippen molar-refractivity contribution in [3.63, 3.8) is 0 Å². The Morgan fingerprint density at radius 3 is 2.37 bits per heavy atom. The summed E-state index contributed by atoms with van der Waals surface area (Å²) in [5.74, 6) is 0.658. The Morgan fingerprint density at radius 2 is 1.73 bits per heavy atom. The van der Waals surface area contributed by atoms with Crippen LogP contribution < -0.4 is 10.0 Å². The van der Waals surface area contributed by atoms with Gasteiger partial charge in [0.1, 0.15) is 17.1 Å². The quantitative estimate of drug-likeness (QED) is 0.645. The molecule has 0 radical (unpaired) electrons. The number of anilines is 1. The van der Waals surface area contributed by atoms with Crippen molar-refractivity contribution in [2.75, 3.05) is 5.32 Å². The molecule has 2 aromatic rings. The van der Waals surface area contributed by atoms with Crippen molar-refractivity contribution < 1.29 is 18.9 Å². The van der Waals surface area contributed by atoms with Gasteiger partial charge in [-0.15, -0.1) is 4.72 Å². The van der Waals surface area contributed by atoms with Crippen molar-refractivity contribution in [1.29, 1.82) is 0 Å². The molecule has 7 heteroatoms. The monoisotopic (exact) mass is 428 g/mol. The van der Waals surface area contributed by atoms with Crippen molar-refractivity contribution in [3.8, 4) is 0 Å². The minimum Gasteiger partial charge on any atom is -0.585 e. The minimum atomic E-state index is -1.83. The molecule has 0 bridgehead atoms. The predicted octanol–water partition coefficient (Wildman–Crippen LogP) is 3.95. The molecule has 6 nitrogen and oxygen atoms in total. The zero-order valence-corrected chi connectivity index (χ0v) is 18.3. The van der Waals surface area contributed by atoms with E-state index in [-0.39, 0.29) is 5.09 Å². The van der Waals surface area contributed by atoms with Crippen LogP contribution in [0.25, 0.3) is 0 Å². The third-order valence-electron chi connectivity index (χ3n) is 6.99. The molecule has 0 fully saturated rings. The number of amides is 2. The highest BCUT2D eigenvalue weighted by Crippen LogP contribution is 2.41. The third-order valence-corrected chi connectivity index (χ3v) is 7.92. The number of fused-ring (bicyclic) bond motifs is 3. The molecule has 5 rings (SSSR count). The molecule has 0 spiro atoms. The standard InChI is InChI=1S/C23H28N2O4S/c1-13-14-6-3-8-16(14)21(17-9-4-7-15(13)17)24-22(26)25-30(28)20-12-18-19(29-20)10-5-11-23(18,2)27/h12,27H,3-11H2,1-2H3,(H2,24,25,26). The molecule has 2 amide bonds. The minimum absolute atomic E-state index is 0.177. The van der Waals surface area contributed by atoms with Crippen LogP contribution in [0.1, 0.15) is 71.7 Å². The highest BCUT2D eigenvalue weighted by atomic mass is 32.2. The second-order valence-electron chi connectivity index (χ2n) is 8.98. The maximum atomic E-state index is 12.8. The van der Waals surface area contributed by atoms with Gasteiger partial charge in [0, 0.05) is 23.7 Å². The number of carbonyl (C=O) groups excluding carboxylic acids is 1. The van der Waals surface area contributed by atoms with Crippen LogP contribution in [-0.4, -0.2) is 15.7 Å². The average molecular weight is 429 g/mol. The second-order valence-corrected chi connectivity index (χ2v) is 10.1. The van der Waals surface area contributed by atoms with Crippen molar-refractivity contribution >= 4 is 23.1 Å². The maximum absolute atomic E-state index is 12.8. The fraction of sp³-hybridized carbons (Fsp3) is 0.522. The zero-order valence-electron chi connectivity index (χ0n) is 17.5. The Hall–Kier alpha value is -1.96. The molecule has 3 aliphatic carbocycles. The molecular formula is C23H28N2O4S. The highest BCUT2D eigenvalue weighted by Gasteiger charge is 2.36. The largest absolute Gasteiger partial charge is 0.585 e. The molecule has 30 heavy (non-hydrogen) atoms. The first kappa shape index (κ1) is 20.0. The van der Waals surface area contributed by atoms with Crippen molar-refractivity contribution in [3.05, 3.63) is 45.2 Å². The Kier molecular flexibility index (Phi) is 4.87. The fourth-order valence-corrected chi connectivity index (χ4v) is 6.24. The molecule has 0 saturated carbocycles. The van der Waals surface area contributed by atoms with Crippen LogP contribution in [0, 0.1) is 6.92 Å². The number of urea groups is 1. The molecule has 1 heterocycles. The van der Waals surface area contributed by atoms with Crippen LogP contribution in [-0.2, 0) is 49.1 Å². The molecule has 2 unspecified atom stereocenters. The smallest absolute Gasteiger partial charge is 0.361 e. The normalized spacial score (nSPS) is 22.9. The first-order valence-corrected chi connectivity index (χ1v) is 12.0. The Balaban J connectivity index is 1.36. The van der Waals surface area contributed by atoms with Gasteiger partial charge in [-0.3, -0.25) is 0 Å². The Labute approximate surface area is 179 Å². The summed E-state index contributed by atoms with van der Waals surface area (Å²) in [4.78, 5) is 12.7. The van der Waals surface area contributed by atoms with Crippen LogP contribution in [0.4, 0.5) is 10.5 Å². The first-order valence-electron chi connectivity index (χ1n) is 10.9. The number of hydrogen-bond acceptors (Lipinski definition) is 4. The van der Waals surface area contributed by atoms with Gasteiger partial charge in [-0.1, -0.05) is 0 Å². The lowest BCUT2D eigenvalue weighted by atomic mass is 9.85. The molecule has 0 aliphatic heterocycles. The number of furan rings is 1. The van der Waals surface area contributed by atoms with Gasteiger partial charge in [0.05, 0.1) is 5.60 Å². The Morgan fingerprint density at radius 1 is 1.10 bits per heavy atom. The number of benzene rings is 1. The van der Waals surface area contributed by atoms with E-state index < -0.39 is 23.0 Å². The number of nitrogens with one attached hydrogen (secondary N) is 2. The van der Waals surface area contributed by atoms with E-state index in [9.17, 15) is 14.5 Å². The van der Waals surface area contributed by atoms with E-state index in [4.69, 9.17) is 4.42 Å². The van der Waals surface area contributed by atoms with E-state index in [0.717, 1.165) is 50.6 Å². The van der Waals surface area contributed by atoms with Gasteiger partial charge in [-0.05, 0) is 93.0 Å². The summed E-state index contributed by atoms with van der Waals surface area (Å²) < 4.78 is 21.0. The van der Waals surface area contributed by atoms with Gasteiger partial charge in [0.25, 0.3) is 0 Å². The summed E-state index contributed by atoms with van der Waals surface area (Å²) in [5, 5.41) is 13.7. The maximum Gasteiger partial charge on any atom is 0.361 e. The summed E-state index contributed by atoms with van der Waals surface area (Å²) >= 11 is -1.83. The summed E-state index contributed by atoms with van der Waals surface area (Å²) in [5.41, 5.74) is 7.28. The molecule has 2 atom stereocenters. The van der Waals surface area contributed by atoms with Gasteiger partial charge < -0.3 is 19.4 Å². The highest BCUT2D eigenvalue weighted by molar-refractivity contribution is 7.89. The summed E-state index contributed by atoms with van der Waals surface area (Å²) in [6.07, 6.45) is 8.46. The summed E-state index contributed by atoms with van der Waals surface area (Å²) in [6, 6.07) is 1.13. The second kappa shape index (κ2) is 7.32. The number of aliphatic hydroxyl groups is 1. The summed E-state index contributed by atoms with van der Waals surface area (Å²) in [7, 11) is 0. The first-order chi connectivity index (χ1) is 14.3. The number of aryl methyl sites for hydroxylation is 1. The van der Waals surface area contributed by atoms with Crippen molar-refractivity contribution in [2.45, 2.75) is 82.3 Å². The zero-order chi connectivity index (χ0) is 21.0. The van der Waals surface area contributed by atoms with Crippen LogP contribution in [0.5, 0.6) is 0 Å². The molecule has 1 aromatic heterocycles. The van der Waals surface area contributed by atoms with Gasteiger partial charge in [-0.25, -0.2) is 4.79 Å². The molecule has 3 N–H and O–H groups in total. The van der Waals surface area contributed by atoms with E-state index >= 15 is 0 Å². The number of carbonyl (C=O) groups is 1. The van der Waals surface area contributed by atoms with E-state index in [1.165, 1.54) is 27.8 Å². The fourth-order valence-electron chi connectivity index (χ4n) is 5.52.